The molecule has 0 spiro atoms. The van der Waals surface area contributed by atoms with Crippen LogP contribution in [-0.4, -0.2) is 58.6 Å². The largest absolute Gasteiger partial charge is 0.507 e. The van der Waals surface area contributed by atoms with Gasteiger partial charge in [0.1, 0.15) is 12.4 Å². The first-order chi connectivity index (χ1) is 11.0. The second-order valence-electron chi connectivity index (χ2n) is 5.83. The number of aliphatic hydroxyl groups excluding tert-OH is 1. The summed E-state index contributed by atoms with van der Waals surface area (Å²) in [6.07, 6.45) is 0. The lowest BCUT2D eigenvalue weighted by Crippen LogP contribution is -2.22. The molecular weight excluding hydrogens is 346 g/mol. The maximum atomic E-state index is 10.2. The maximum Gasteiger partial charge on any atom is 0.259 e. The van der Waals surface area contributed by atoms with E-state index in [9.17, 15) is 5.11 Å². The van der Waals surface area contributed by atoms with Gasteiger partial charge in [-0.15, -0.1) is 0 Å². The quantitative estimate of drug-likeness (QED) is 0.693. The molecule has 6 nitrogen and oxygen atoms in total. The Kier molecular flexibility index (Phi) is 9.57. The highest BCUT2D eigenvalue weighted by Crippen LogP contribution is 2.29. The summed E-state index contributed by atoms with van der Waals surface area (Å²) in [7, 11) is 7.68. The summed E-state index contributed by atoms with van der Waals surface area (Å²) in [6, 6.07) is 1.96. The van der Waals surface area contributed by atoms with Crippen LogP contribution in [0.25, 0.3) is 0 Å². The van der Waals surface area contributed by atoms with Gasteiger partial charge in [-0.25, -0.2) is 0 Å². The van der Waals surface area contributed by atoms with Crippen molar-refractivity contribution in [3.8, 4) is 5.75 Å². The van der Waals surface area contributed by atoms with Gasteiger partial charge in [0.2, 0.25) is 0 Å². The highest BCUT2D eigenvalue weighted by molar-refractivity contribution is 7.80. The summed E-state index contributed by atoms with van der Waals surface area (Å²) in [6.45, 7) is 5.03. The number of phenolic OH excluding ortho intramolecular Hbond substituents is 1. The standard InChI is InChI=1S/C15H24N2O2S.CH3NOS/c1-10-7-12(9-19-15(20)17(5)6)11(2)13(14(10)18)8-16(3)4;2-1(3)4/h7,18H,8-9H2,1-6H3;(H3,2,3,4). The van der Waals surface area contributed by atoms with Crippen LogP contribution in [0.15, 0.2) is 6.07 Å². The van der Waals surface area contributed by atoms with E-state index in [-0.39, 0.29) is 0 Å². The smallest absolute Gasteiger partial charge is 0.259 e. The van der Waals surface area contributed by atoms with E-state index in [4.69, 9.17) is 22.1 Å². The predicted octanol–water partition coefficient (Wildman–Crippen LogP) is 2.22. The molecule has 0 atom stereocenters. The van der Waals surface area contributed by atoms with E-state index < -0.39 is 5.17 Å². The molecule has 0 heterocycles. The lowest BCUT2D eigenvalue weighted by Gasteiger charge is -2.20. The highest BCUT2D eigenvalue weighted by atomic mass is 32.1. The van der Waals surface area contributed by atoms with E-state index >= 15 is 0 Å². The van der Waals surface area contributed by atoms with Crippen molar-refractivity contribution in [2.24, 2.45) is 5.73 Å². The molecule has 0 aliphatic carbocycles. The maximum absolute atomic E-state index is 10.2. The minimum absolute atomic E-state index is 0.370. The number of hydrogen-bond acceptors (Lipinski definition) is 5. The Hall–Kier alpha value is -1.64. The van der Waals surface area contributed by atoms with Gasteiger partial charge in [0, 0.05) is 26.2 Å². The van der Waals surface area contributed by atoms with Gasteiger partial charge < -0.3 is 30.5 Å². The monoisotopic (exact) mass is 373 g/mol. The molecule has 0 aromatic heterocycles. The molecule has 0 amide bonds. The molecule has 0 bridgehead atoms. The zero-order valence-corrected chi connectivity index (χ0v) is 16.7. The van der Waals surface area contributed by atoms with Crippen molar-refractivity contribution in [2.45, 2.75) is 27.0 Å². The molecule has 4 N–H and O–H groups in total. The van der Waals surface area contributed by atoms with E-state index in [1.807, 2.05) is 53.0 Å². The van der Waals surface area contributed by atoms with Gasteiger partial charge in [-0.05, 0) is 75.1 Å². The van der Waals surface area contributed by atoms with Crippen LogP contribution in [0.3, 0.4) is 0 Å². The Labute approximate surface area is 154 Å². The number of aromatic hydroxyl groups is 1. The van der Waals surface area contributed by atoms with E-state index in [2.05, 4.69) is 18.0 Å². The number of thiocarbonyl (C=S) groups is 2. The molecule has 136 valence electrons. The zero-order chi connectivity index (χ0) is 19.0. The van der Waals surface area contributed by atoms with Gasteiger partial charge in [-0.2, -0.15) is 0 Å². The third kappa shape index (κ3) is 7.76. The highest BCUT2D eigenvalue weighted by Gasteiger charge is 2.14. The van der Waals surface area contributed by atoms with Gasteiger partial charge >= 0.3 is 0 Å². The fraction of sp³-hybridized carbons (Fsp3) is 0.500. The predicted molar refractivity (Wildman–Crippen MR) is 105 cm³/mol. The zero-order valence-electron chi connectivity index (χ0n) is 15.1. The van der Waals surface area contributed by atoms with Gasteiger partial charge in [-0.3, -0.25) is 0 Å². The Bertz CT molecular complexity index is 586. The molecule has 0 unspecified atom stereocenters. The van der Waals surface area contributed by atoms with Crippen molar-refractivity contribution in [3.63, 3.8) is 0 Å². The summed E-state index contributed by atoms with van der Waals surface area (Å²) in [4.78, 5) is 3.80. The van der Waals surface area contributed by atoms with Crippen LogP contribution in [0.4, 0.5) is 0 Å². The number of hydrogen-bond donors (Lipinski definition) is 3. The number of nitrogens with zero attached hydrogens (tertiary/aromatic N) is 2. The molecule has 0 radical (unpaired) electrons. The van der Waals surface area contributed by atoms with Crippen molar-refractivity contribution < 1.29 is 14.9 Å². The summed E-state index contributed by atoms with van der Waals surface area (Å²) in [5.74, 6) is 0.370. The third-order valence-electron chi connectivity index (χ3n) is 3.18. The lowest BCUT2D eigenvalue weighted by molar-refractivity contribution is 0.256. The average molecular weight is 374 g/mol. The second kappa shape index (κ2) is 10.3. The fourth-order valence-corrected chi connectivity index (χ4v) is 2.03. The van der Waals surface area contributed by atoms with Gasteiger partial charge in [0.15, 0.2) is 0 Å². The normalized spacial score (nSPS) is 9.96. The van der Waals surface area contributed by atoms with Gasteiger partial charge in [0.25, 0.3) is 10.3 Å². The number of nitrogens with two attached hydrogens (primary N) is 1. The van der Waals surface area contributed by atoms with Crippen LogP contribution in [0.1, 0.15) is 22.3 Å². The minimum atomic E-state index is -0.500. The van der Waals surface area contributed by atoms with Crippen molar-refractivity contribution >= 4 is 34.8 Å². The Balaban J connectivity index is 0.00000118. The van der Waals surface area contributed by atoms with E-state index in [1.54, 1.807) is 4.90 Å². The SMILES string of the molecule is Cc1cc(COC(=S)N(C)C)c(C)c(CN(C)C)c1O.NC(O)=S. The Morgan fingerprint density at radius 3 is 2.12 bits per heavy atom. The van der Waals surface area contributed by atoms with Crippen LogP contribution < -0.4 is 5.73 Å². The number of ether oxygens (including phenoxy) is 1. The molecule has 0 fully saturated rings. The molecular formula is C16H27N3O3S2. The topological polar surface area (TPSA) is 82.2 Å². The number of benzene rings is 1. The second-order valence-corrected chi connectivity index (χ2v) is 6.60. The molecule has 0 aliphatic rings. The third-order valence-corrected chi connectivity index (χ3v) is 3.66. The molecule has 1 rings (SSSR count). The molecule has 0 saturated carbocycles. The molecule has 24 heavy (non-hydrogen) atoms. The Morgan fingerprint density at radius 1 is 1.21 bits per heavy atom. The van der Waals surface area contributed by atoms with Crippen molar-refractivity contribution in [2.75, 3.05) is 28.2 Å². The van der Waals surface area contributed by atoms with Crippen LogP contribution >= 0.6 is 24.4 Å². The number of aryl methyl sites for hydroxylation is 1. The van der Waals surface area contributed by atoms with Crippen LogP contribution in [0.2, 0.25) is 0 Å². The van der Waals surface area contributed by atoms with Crippen molar-refractivity contribution in [3.05, 3.63) is 28.3 Å². The summed E-state index contributed by atoms with van der Waals surface area (Å²) in [5.41, 5.74) is 8.32. The lowest BCUT2D eigenvalue weighted by atomic mass is 9.97. The van der Waals surface area contributed by atoms with Gasteiger partial charge in [-0.1, -0.05) is 0 Å². The summed E-state index contributed by atoms with van der Waals surface area (Å²) in [5, 5.41) is 17.7. The summed E-state index contributed by atoms with van der Waals surface area (Å²) < 4.78 is 5.59. The fourth-order valence-electron chi connectivity index (χ4n) is 1.98. The summed E-state index contributed by atoms with van der Waals surface area (Å²) >= 11 is 9.00. The molecule has 0 saturated heterocycles. The molecule has 8 heteroatoms. The average Bonchev–Trinajstić information content (AvgIpc) is 2.44. The van der Waals surface area contributed by atoms with Gasteiger partial charge in [0.05, 0.1) is 0 Å². The molecule has 0 aliphatic heterocycles. The molecule has 1 aromatic carbocycles. The van der Waals surface area contributed by atoms with Crippen molar-refractivity contribution in [1.82, 2.24) is 9.80 Å². The first-order valence-electron chi connectivity index (χ1n) is 7.25. The number of phenols is 1. The number of rotatable bonds is 4. The van der Waals surface area contributed by atoms with E-state index in [0.717, 1.165) is 22.3 Å². The first-order valence-corrected chi connectivity index (χ1v) is 8.07. The Morgan fingerprint density at radius 2 is 1.71 bits per heavy atom. The van der Waals surface area contributed by atoms with E-state index in [1.165, 1.54) is 0 Å². The molecule has 1 aromatic rings. The van der Waals surface area contributed by atoms with Crippen LogP contribution in [0, 0.1) is 13.8 Å². The first kappa shape index (κ1) is 22.4. The minimum Gasteiger partial charge on any atom is -0.507 e. The van der Waals surface area contributed by atoms with Crippen LogP contribution in [0.5, 0.6) is 5.75 Å². The number of aliphatic hydroxyl groups is 1. The van der Waals surface area contributed by atoms with E-state index in [0.29, 0.717) is 24.1 Å². The van der Waals surface area contributed by atoms with Crippen LogP contribution in [-0.2, 0) is 17.9 Å². The van der Waals surface area contributed by atoms with Crippen molar-refractivity contribution in [1.29, 1.82) is 0 Å².